The zero-order valence-corrected chi connectivity index (χ0v) is 15.6. The average Bonchev–Trinajstić information content (AvgIpc) is 2.60. The highest BCUT2D eigenvalue weighted by atomic mass is 79.9. The van der Waals surface area contributed by atoms with Crippen molar-refractivity contribution < 1.29 is 23.7 Å². The highest BCUT2D eigenvalue weighted by Crippen LogP contribution is 2.36. The van der Waals surface area contributed by atoms with E-state index in [2.05, 4.69) is 0 Å². The first kappa shape index (κ1) is 18.7. The van der Waals surface area contributed by atoms with Gasteiger partial charge in [-0.05, 0) is 12.1 Å². The number of hydrogen-bond acceptors (Lipinski definition) is 6. The van der Waals surface area contributed by atoms with Crippen LogP contribution in [0.2, 0.25) is 0 Å². The van der Waals surface area contributed by atoms with Crippen LogP contribution in [0.3, 0.4) is 0 Å². The Kier molecular flexibility index (Phi) is 5.58. The minimum absolute atomic E-state index is 0. The normalized spacial score (nSPS) is 10.2. The van der Waals surface area contributed by atoms with Gasteiger partial charge in [0.15, 0.2) is 5.76 Å². The summed E-state index contributed by atoms with van der Waals surface area (Å²) in [6, 6.07) is 9.95. The minimum Gasteiger partial charge on any atom is -0.507 e. The van der Waals surface area contributed by atoms with E-state index in [-0.39, 0.29) is 45.2 Å². The fraction of sp³-hybridized carbons (Fsp3) is 0.167. The number of methoxy groups -OCH3 is 3. The molecule has 3 rings (SSSR count). The molecule has 1 aromatic heterocycles. The summed E-state index contributed by atoms with van der Waals surface area (Å²) in [5.74, 6) is 1.03. The number of ether oxygens (including phenoxy) is 3. The summed E-state index contributed by atoms with van der Waals surface area (Å²) in [4.78, 5) is 12.7. The molecule has 0 bridgehead atoms. The molecule has 0 saturated carbocycles. The molecule has 132 valence electrons. The van der Waals surface area contributed by atoms with Crippen molar-refractivity contribution in [2.75, 3.05) is 21.3 Å². The zero-order chi connectivity index (χ0) is 17.3. The van der Waals surface area contributed by atoms with Gasteiger partial charge in [0.25, 0.3) is 0 Å². The summed E-state index contributed by atoms with van der Waals surface area (Å²) in [7, 11) is 4.39. The lowest BCUT2D eigenvalue weighted by atomic mass is 10.1. The van der Waals surface area contributed by atoms with Gasteiger partial charge >= 0.3 is 0 Å². The molecule has 2 aromatic carbocycles. The average molecular weight is 409 g/mol. The molecule has 0 amide bonds. The van der Waals surface area contributed by atoms with Crippen molar-refractivity contribution >= 4 is 28.0 Å². The predicted molar refractivity (Wildman–Crippen MR) is 99.6 cm³/mol. The highest BCUT2D eigenvalue weighted by molar-refractivity contribution is 8.93. The summed E-state index contributed by atoms with van der Waals surface area (Å²) < 4.78 is 21.4. The summed E-state index contributed by atoms with van der Waals surface area (Å²) in [6.07, 6.45) is 0. The third-order valence-electron chi connectivity index (χ3n) is 3.68. The molecule has 0 aliphatic rings. The number of phenolic OH excluding ortho intramolecular Hbond substituents is 1. The molecule has 0 unspecified atom stereocenters. The molecule has 1 N–H and O–H groups in total. The van der Waals surface area contributed by atoms with Crippen LogP contribution in [-0.2, 0) is 0 Å². The van der Waals surface area contributed by atoms with Crippen molar-refractivity contribution in [3.05, 3.63) is 46.6 Å². The van der Waals surface area contributed by atoms with Gasteiger partial charge in [-0.25, -0.2) is 0 Å². The summed E-state index contributed by atoms with van der Waals surface area (Å²) in [5.41, 5.74) is 0.361. The number of halogens is 1. The fourth-order valence-corrected chi connectivity index (χ4v) is 2.52. The Labute approximate surface area is 154 Å². The molecule has 0 aliphatic carbocycles. The number of benzene rings is 2. The Morgan fingerprint density at radius 3 is 2.32 bits per heavy atom. The molecular weight excluding hydrogens is 392 g/mol. The number of rotatable bonds is 4. The molecule has 0 atom stereocenters. The molecule has 6 nitrogen and oxygen atoms in total. The van der Waals surface area contributed by atoms with Gasteiger partial charge in [0.2, 0.25) is 11.2 Å². The largest absolute Gasteiger partial charge is 0.507 e. The second-order valence-electron chi connectivity index (χ2n) is 5.05. The smallest absolute Gasteiger partial charge is 0.239 e. The lowest BCUT2D eigenvalue weighted by molar-refractivity contribution is 0.394. The summed E-state index contributed by atoms with van der Waals surface area (Å²) >= 11 is 0. The third-order valence-corrected chi connectivity index (χ3v) is 3.68. The molecule has 0 fully saturated rings. The van der Waals surface area contributed by atoms with Gasteiger partial charge in [0.1, 0.15) is 28.2 Å². The molecule has 0 radical (unpaired) electrons. The molecule has 3 aromatic rings. The van der Waals surface area contributed by atoms with Crippen molar-refractivity contribution in [2.45, 2.75) is 0 Å². The topological polar surface area (TPSA) is 78.1 Å². The molecular formula is C18H17BrO6. The van der Waals surface area contributed by atoms with Crippen LogP contribution < -0.4 is 19.6 Å². The Morgan fingerprint density at radius 1 is 0.960 bits per heavy atom. The lowest BCUT2D eigenvalue weighted by Gasteiger charge is -2.11. The van der Waals surface area contributed by atoms with Gasteiger partial charge < -0.3 is 23.7 Å². The van der Waals surface area contributed by atoms with Gasteiger partial charge in [-0.3, -0.25) is 4.79 Å². The second-order valence-corrected chi connectivity index (χ2v) is 5.05. The predicted octanol–water partition coefficient (Wildman–Crippen LogP) is 3.77. The first-order valence-corrected chi connectivity index (χ1v) is 7.15. The van der Waals surface area contributed by atoms with Crippen molar-refractivity contribution in [1.29, 1.82) is 0 Å². The molecule has 7 heteroatoms. The maximum Gasteiger partial charge on any atom is 0.239 e. The van der Waals surface area contributed by atoms with E-state index in [1.165, 1.54) is 20.3 Å². The van der Waals surface area contributed by atoms with Gasteiger partial charge in [0.05, 0.1) is 21.3 Å². The summed E-state index contributed by atoms with van der Waals surface area (Å²) in [6.45, 7) is 0. The maximum atomic E-state index is 12.7. The van der Waals surface area contributed by atoms with Crippen LogP contribution in [0.1, 0.15) is 0 Å². The molecule has 1 heterocycles. The van der Waals surface area contributed by atoms with Crippen LogP contribution in [0.4, 0.5) is 0 Å². The monoisotopic (exact) mass is 408 g/mol. The van der Waals surface area contributed by atoms with E-state index in [1.807, 2.05) is 0 Å². The van der Waals surface area contributed by atoms with Crippen LogP contribution in [0, 0.1) is 0 Å². The van der Waals surface area contributed by atoms with Crippen LogP contribution >= 0.6 is 17.0 Å². The first-order chi connectivity index (χ1) is 11.6. The van der Waals surface area contributed by atoms with Gasteiger partial charge in [-0.15, -0.1) is 17.0 Å². The Morgan fingerprint density at radius 2 is 1.68 bits per heavy atom. The van der Waals surface area contributed by atoms with E-state index in [4.69, 9.17) is 18.6 Å². The number of fused-ring (bicyclic) bond motifs is 1. The highest BCUT2D eigenvalue weighted by Gasteiger charge is 2.20. The van der Waals surface area contributed by atoms with E-state index in [9.17, 15) is 9.90 Å². The van der Waals surface area contributed by atoms with Gasteiger partial charge in [-0.1, -0.05) is 12.1 Å². The number of aromatic hydroxyl groups is 1. The van der Waals surface area contributed by atoms with Crippen LogP contribution in [0.25, 0.3) is 22.3 Å². The first-order valence-electron chi connectivity index (χ1n) is 7.15. The SMILES string of the molecule is Br.COc1cccc(-c2oc3cc(OC)cc(O)c3c(=O)c2OC)c1. The zero-order valence-electron chi connectivity index (χ0n) is 13.9. The Balaban J connectivity index is 0.00000225. The maximum absolute atomic E-state index is 12.7. The molecule has 0 spiro atoms. The second kappa shape index (κ2) is 7.48. The van der Waals surface area contributed by atoms with Gasteiger partial charge in [-0.2, -0.15) is 0 Å². The Hall–Kier alpha value is -2.67. The summed E-state index contributed by atoms with van der Waals surface area (Å²) in [5, 5.41) is 10.2. The van der Waals surface area contributed by atoms with E-state index in [0.29, 0.717) is 17.1 Å². The van der Waals surface area contributed by atoms with Crippen molar-refractivity contribution in [3.63, 3.8) is 0 Å². The van der Waals surface area contributed by atoms with Crippen LogP contribution in [0.5, 0.6) is 23.0 Å². The number of phenols is 1. The van der Waals surface area contributed by atoms with E-state index in [1.54, 1.807) is 37.4 Å². The standard InChI is InChI=1S/C18H16O6.BrH/c1-21-11-6-4-5-10(7-11)17-18(23-3)16(20)15-13(19)8-12(22-2)9-14(15)24-17;/h4-9,19H,1-3H3;1H. The Bertz CT molecular complexity index is 964. The van der Waals surface area contributed by atoms with E-state index < -0.39 is 5.43 Å². The van der Waals surface area contributed by atoms with Crippen LogP contribution in [0.15, 0.2) is 45.6 Å². The van der Waals surface area contributed by atoms with E-state index >= 15 is 0 Å². The molecule has 25 heavy (non-hydrogen) atoms. The van der Waals surface area contributed by atoms with Crippen molar-refractivity contribution in [3.8, 4) is 34.3 Å². The lowest BCUT2D eigenvalue weighted by Crippen LogP contribution is -2.08. The molecule has 0 aliphatic heterocycles. The fourth-order valence-electron chi connectivity index (χ4n) is 2.52. The molecule has 0 saturated heterocycles. The quantitative estimate of drug-likeness (QED) is 0.707. The minimum atomic E-state index is -0.461. The van der Waals surface area contributed by atoms with Gasteiger partial charge in [0, 0.05) is 17.7 Å². The number of hydrogen-bond donors (Lipinski definition) is 1. The van der Waals surface area contributed by atoms with Crippen molar-refractivity contribution in [1.82, 2.24) is 0 Å². The van der Waals surface area contributed by atoms with Crippen molar-refractivity contribution in [2.24, 2.45) is 0 Å². The van der Waals surface area contributed by atoms with Crippen LogP contribution in [-0.4, -0.2) is 26.4 Å². The van der Waals surface area contributed by atoms with E-state index in [0.717, 1.165) is 0 Å². The third kappa shape index (κ3) is 3.28.